The van der Waals surface area contributed by atoms with Crippen LogP contribution in [-0.2, 0) is 0 Å². The molecule has 0 amide bonds. The summed E-state index contributed by atoms with van der Waals surface area (Å²) in [5.74, 6) is 1.62. The summed E-state index contributed by atoms with van der Waals surface area (Å²) >= 11 is 2.39. The molecule has 15 heavy (non-hydrogen) atoms. The molecular weight excluding hydrogens is 299 g/mol. The standard InChI is InChI=1S/C13H11IO/c1-8-6-9(14)7-12-13(8)10-4-2-3-5-11(10)15-12/h2-5,7-8H,6H2,1H3. The molecule has 0 saturated carbocycles. The van der Waals surface area contributed by atoms with Crippen molar-refractivity contribution in [2.24, 2.45) is 0 Å². The lowest BCUT2D eigenvalue weighted by atomic mass is 9.91. The molecule has 1 aromatic carbocycles. The van der Waals surface area contributed by atoms with E-state index in [9.17, 15) is 0 Å². The molecule has 1 atom stereocenters. The van der Waals surface area contributed by atoms with Crippen LogP contribution >= 0.6 is 22.6 Å². The predicted molar refractivity (Wildman–Crippen MR) is 71.2 cm³/mol. The third-order valence-corrected chi connectivity index (χ3v) is 3.70. The van der Waals surface area contributed by atoms with Gasteiger partial charge in [0.2, 0.25) is 0 Å². The Balaban J connectivity index is 2.37. The Bertz CT molecular complexity index is 551. The molecule has 0 bridgehead atoms. The minimum absolute atomic E-state index is 0.570. The molecule has 1 aromatic heterocycles. The second-order valence-corrected chi connectivity index (χ2v) is 5.46. The van der Waals surface area contributed by atoms with E-state index in [4.69, 9.17) is 4.42 Å². The van der Waals surface area contributed by atoms with Crippen LogP contribution in [0.4, 0.5) is 0 Å². The summed E-state index contributed by atoms with van der Waals surface area (Å²) in [5.41, 5.74) is 2.39. The van der Waals surface area contributed by atoms with Gasteiger partial charge in [-0.3, -0.25) is 0 Å². The molecule has 0 saturated heterocycles. The fraction of sp³-hybridized carbons (Fsp3) is 0.231. The quantitative estimate of drug-likeness (QED) is 0.642. The van der Waals surface area contributed by atoms with Gasteiger partial charge in [0.15, 0.2) is 0 Å². The normalized spacial score (nSPS) is 20.1. The smallest absolute Gasteiger partial charge is 0.135 e. The second-order valence-electron chi connectivity index (χ2n) is 4.07. The minimum Gasteiger partial charge on any atom is -0.456 e. The molecule has 0 radical (unpaired) electrons. The zero-order chi connectivity index (χ0) is 10.4. The van der Waals surface area contributed by atoms with Crippen LogP contribution < -0.4 is 0 Å². The number of halogens is 1. The first-order valence-corrected chi connectivity index (χ1v) is 6.21. The van der Waals surface area contributed by atoms with Gasteiger partial charge in [-0.15, -0.1) is 0 Å². The van der Waals surface area contributed by atoms with Crippen LogP contribution in [0.2, 0.25) is 0 Å². The summed E-state index contributed by atoms with van der Waals surface area (Å²) < 4.78 is 7.23. The Hall–Kier alpha value is -0.770. The molecule has 0 fully saturated rings. The Labute approximate surface area is 102 Å². The monoisotopic (exact) mass is 310 g/mol. The van der Waals surface area contributed by atoms with E-state index in [0.29, 0.717) is 5.92 Å². The largest absolute Gasteiger partial charge is 0.456 e. The van der Waals surface area contributed by atoms with Crippen molar-refractivity contribution in [1.29, 1.82) is 0 Å². The van der Waals surface area contributed by atoms with Gasteiger partial charge in [-0.1, -0.05) is 25.1 Å². The Morgan fingerprint density at radius 1 is 1.33 bits per heavy atom. The maximum atomic E-state index is 5.85. The van der Waals surface area contributed by atoms with Gasteiger partial charge < -0.3 is 4.42 Å². The van der Waals surface area contributed by atoms with E-state index in [2.05, 4.69) is 47.7 Å². The van der Waals surface area contributed by atoms with Gasteiger partial charge in [-0.05, 0) is 50.7 Å². The van der Waals surface area contributed by atoms with Gasteiger partial charge in [0.1, 0.15) is 11.3 Å². The van der Waals surface area contributed by atoms with Gasteiger partial charge >= 0.3 is 0 Å². The lowest BCUT2D eigenvalue weighted by molar-refractivity contribution is 0.586. The molecule has 1 heterocycles. The van der Waals surface area contributed by atoms with Gasteiger partial charge in [-0.25, -0.2) is 0 Å². The van der Waals surface area contributed by atoms with Crippen molar-refractivity contribution in [2.75, 3.05) is 0 Å². The van der Waals surface area contributed by atoms with Crippen molar-refractivity contribution in [2.45, 2.75) is 19.3 Å². The maximum Gasteiger partial charge on any atom is 0.135 e. The van der Waals surface area contributed by atoms with E-state index in [1.165, 1.54) is 14.5 Å². The Morgan fingerprint density at radius 3 is 3.00 bits per heavy atom. The van der Waals surface area contributed by atoms with E-state index in [0.717, 1.165) is 17.8 Å². The Morgan fingerprint density at radius 2 is 2.13 bits per heavy atom. The second kappa shape index (κ2) is 3.37. The highest BCUT2D eigenvalue weighted by Gasteiger charge is 2.22. The van der Waals surface area contributed by atoms with Crippen LogP contribution in [0.25, 0.3) is 17.0 Å². The van der Waals surface area contributed by atoms with Crippen LogP contribution in [0.5, 0.6) is 0 Å². The van der Waals surface area contributed by atoms with Crippen molar-refractivity contribution in [3.8, 4) is 0 Å². The van der Waals surface area contributed by atoms with Crippen molar-refractivity contribution in [1.82, 2.24) is 0 Å². The molecule has 1 aliphatic rings. The van der Waals surface area contributed by atoms with Gasteiger partial charge in [0.25, 0.3) is 0 Å². The first-order valence-electron chi connectivity index (χ1n) is 5.13. The number of para-hydroxylation sites is 1. The fourth-order valence-electron chi connectivity index (χ4n) is 2.30. The topological polar surface area (TPSA) is 13.1 Å². The molecule has 2 heteroatoms. The van der Waals surface area contributed by atoms with Crippen LogP contribution in [0, 0.1) is 0 Å². The third-order valence-electron chi connectivity index (χ3n) is 2.94. The molecule has 3 rings (SSSR count). The highest BCUT2D eigenvalue weighted by atomic mass is 127. The lowest BCUT2D eigenvalue weighted by Gasteiger charge is -2.15. The molecule has 76 valence electrons. The maximum absolute atomic E-state index is 5.85. The molecule has 1 nitrogen and oxygen atoms in total. The lowest BCUT2D eigenvalue weighted by Crippen LogP contribution is -1.99. The number of benzene rings is 1. The number of allylic oxidation sites excluding steroid dienone is 1. The van der Waals surface area contributed by atoms with E-state index in [-0.39, 0.29) is 0 Å². The minimum atomic E-state index is 0.570. The van der Waals surface area contributed by atoms with Crippen LogP contribution in [0.3, 0.4) is 0 Å². The average Bonchev–Trinajstić information content (AvgIpc) is 2.54. The molecule has 2 aromatic rings. The zero-order valence-corrected chi connectivity index (χ0v) is 10.6. The van der Waals surface area contributed by atoms with Crippen molar-refractivity contribution in [3.05, 3.63) is 39.2 Å². The first-order chi connectivity index (χ1) is 7.25. The number of fused-ring (bicyclic) bond motifs is 3. The van der Waals surface area contributed by atoms with Crippen molar-refractivity contribution in [3.63, 3.8) is 0 Å². The molecule has 0 spiro atoms. The van der Waals surface area contributed by atoms with Crippen LogP contribution in [-0.4, -0.2) is 0 Å². The van der Waals surface area contributed by atoms with Crippen molar-refractivity contribution < 1.29 is 4.42 Å². The SMILES string of the molecule is CC1CC(I)=Cc2oc3ccccc3c21. The van der Waals surface area contributed by atoms with E-state index >= 15 is 0 Å². The van der Waals surface area contributed by atoms with Gasteiger partial charge in [0.05, 0.1) is 0 Å². The summed E-state index contributed by atoms with van der Waals surface area (Å²) in [7, 11) is 0. The molecular formula is C13H11IO. The van der Waals surface area contributed by atoms with Gasteiger partial charge in [0, 0.05) is 10.9 Å². The number of hydrogen-bond acceptors (Lipinski definition) is 1. The summed E-state index contributed by atoms with van der Waals surface area (Å²) in [5, 5.41) is 1.28. The first kappa shape index (κ1) is 9.46. The number of furan rings is 1. The highest BCUT2D eigenvalue weighted by Crippen LogP contribution is 2.41. The average molecular weight is 310 g/mol. The fourth-order valence-corrected chi connectivity index (χ4v) is 3.24. The summed E-state index contributed by atoms with van der Waals surface area (Å²) in [6.45, 7) is 2.27. The van der Waals surface area contributed by atoms with Crippen LogP contribution in [0.1, 0.15) is 30.6 Å². The Kier molecular flexibility index (Phi) is 2.12. The predicted octanol–water partition coefficient (Wildman–Crippen LogP) is 4.72. The summed E-state index contributed by atoms with van der Waals surface area (Å²) in [6.07, 6.45) is 3.30. The van der Waals surface area contributed by atoms with E-state index < -0.39 is 0 Å². The number of hydrogen-bond donors (Lipinski definition) is 0. The highest BCUT2D eigenvalue weighted by molar-refractivity contribution is 14.1. The van der Waals surface area contributed by atoms with Crippen molar-refractivity contribution >= 4 is 39.6 Å². The van der Waals surface area contributed by atoms with Gasteiger partial charge in [-0.2, -0.15) is 0 Å². The molecule has 1 aliphatic carbocycles. The summed E-state index contributed by atoms with van der Waals surface area (Å²) in [6, 6.07) is 8.30. The molecule has 1 unspecified atom stereocenters. The third kappa shape index (κ3) is 1.42. The van der Waals surface area contributed by atoms with Crippen LogP contribution in [0.15, 0.2) is 32.3 Å². The van der Waals surface area contributed by atoms with E-state index in [1.807, 2.05) is 12.1 Å². The number of rotatable bonds is 0. The van der Waals surface area contributed by atoms with E-state index in [1.54, 1.807) is 0 Å². The molecule has 0 aliphatic heterocycles. The zero-order valence-electron chi connectivity index (χ0n) is 8.46. The summed E-state index contributed by atoms with van der Waals surface area (Å²) in [4.78, 5) is 0. The molecule has 0 N–H and O–H groups in total.